The van der Waals surface area contributed by atoms with E-state index in [1.165, 1.54) is 24.3 Å². The summed E-state index contributed by atoms with van der Waals surface area (Å²) in [7, 11) is 0. The summed E-state index contributed by atoms with van der Waals surface area (Å²) in [5.41, 5.74) is 0.205. The number of furan rings is 1. The Morgan fingerprint density at radius 3 is 2.74 bits per heavy atom. The minimum absolute atomic E-state index is 0.0426. The predicted octanol–water partition coefficient (Wildman–Crippen LogP) is 2.68. The molecule has 1 aromatic carbocycles. The summed E-state index contributed by atoms with van der Waals surface area (Å²) in [5.74, 6) is -3.98. The van der Waals surface area contributed by atoms with E-state index in [4.69, 9.17) is 9.52 Å². The zero-order chi connectivity index (χ0) is 16.6. The molecule has 1 aliphatic rings. The minimum atomic E-state index is -1.19. The Morgan fingerprint density at radius 1 is 1.26 bits per heavy atom. The van der Waals surface area contributed by atoms with Gasteiger partial charge in [0.2, 0.25) is 11.7 Å². The van der Waals surface area contributed by atoms with Crippen molar-refractivity contribution < 1.29 is 27.9 Å². The van der Waals surface area contributed by atoms with Crippen molar-refractivity contribution >= 4 is 11.9 Å². The highest BCUT2D eigenvalue weighted by Gasteiger charge is 2.45. The minimum Gasteiger partial charge on any atom is -0.475 e. The van der Waals surface area contributed by atoms with Gasteiger partial charge < -0.3 is 14.8 Å². The lowest BCUT2D eigenvalue weighted by Gasteiger charge is -2.04. The number of hydrogen-bond acceptors (Lipinski definition) is 3. The van der Waals surface area contributed by atoms with Gasteiger partial charge in [-0.05, 0) is 36.1 Å². The lowest BCUT2D eigenvalue weighted by atomic mass is 10.1. The third-order valence-corrected chi connectivity index (χ3v) is 3.82. The van der Waals surface area contributed by atoms with Crippen molar-refractivity contribution in [3.8, 4) is 0 Å². The molecule has 5 nitrogen and oxygen atoms in total. The van der Waals surface area contributed by atoms with E-state index in [-0.39, 0.29) is 29.7 Å². The first kappa shape index (κ1) is 15.2. The van der Waals surface area contributed by atoms with Crippen LogP contribution in [0.5, 0.6) is 0 Å². The molecular weight excluding hydrogens is 308 g/mol. The maximum atomic E-state index is 13.7. The summed E-state index contributed by atoms with van der Waals surface area (Å²) in [6.07, 6.45) is 0.449. The number of carbonyl (C=O) groups is 2. The summed E-state index contributed by atoms with van der Waals surface area (Å²) in [6, 6.07) is 6.68. The van der Waals surface area contributed by atoms with E-state index >= 15 is 0 Å². The number of amides is 1. The number of carbonyl (C=O) groups excluding carboxylic acids is 1. The zero-order valence-electron chi connectivity index (χ0n) is 11.9. The topological polar surface area (TPSA) is 79.5 Å². The summed E-state index contributed by atoms with van der Waals surface area (Å²) in [5, 5.41) is 11.3. The number of hydrogen-bond donors (Lipinski definition) is 2. The van der Waals surface area contributed by atoms with Gasteiger partial charge in [0.15, 0.2) is 11.6 Å². The van der Waals surface area contributed by atoms with Gasteiger partial charge in [0.1, 0.15) is 5.76 Å². The fraction of sp³-hybridized carbons (Fsp3) is 0.250. The van der Waals surface area contributed by atoms with Crippen LogP contribution in [0.2, 0.25) is 0 Å². The van der Waals surface area contributed by atoms with Gasteiger partial charge in [-0.15, -0.1) is 0 Å². The monoisotopic (exact) mass is 321 g/mol. The number of carboxylic acid groups (broad SMARTS) is 1. The molecule has 2 atom stereocenters. The zero-order valence-corrected chi connectivity index (χ0v) is 11.9. The van der Waals surface area contributed by atoms with E-state index in [9.17, 15) is 18.4 Å². The van der Waals surface area contributed by atoms with Gasteiger partial charge in [0.25, 0.3) is 0 Å². The standard InChI is InChI=1S/C16H13F2NO4/c17-12-3-1-2-9(14(12)18)10-6-11(10)15(20)19-7-8-4-5-13(23-8)16(21)22/h1-5,10-11H,6-7H2,(H,19,20)(H,21,22). The average molecular weight is 321 g/mol. The van der Waals surface area contributed by atoms with Crippen molar-refractivity contribution in [1.82, 2.24) is 5.32 Å². The second-order valence-corrected chi connectivity index (χ2v) is 5.38. The second-order valence-electron chi connectivity index (χ2n) is 5.38. The Labute approximate surface area is 129 Å². The van der Waals surface area contributed by atoms with Gasteiger partial charge in [-0.3, -0.25) is 4.79 Å². The SMILES string of the molecule is O=C(O)c1ccc(CNC(=O)C2CC2c2cccc(F)c2F)o1. The summed E-state index contributed by atoms with van der Waals surface area (Å²) in [4.78, 5) is 22.7. The molecule has 1 aromatic heterocycles. The van der Waals surface area contributed by atoms with Crippen LogP contribution < -0.4 is 5.32 Å². The molecule has 2 unspecified atom stereocenters. The van der Waals surface area contributed by atoms with Crippen molar-refractivity contribution in [3.63, 3.8) is 0 Å². The van der Waals surface area contributed by atoms with Crippen LogP contribution in [0.25, 0.3) is 0 Å². The normalized spacial score (nSPS) is 19.4. The molecule has 0 bridgehead atoms. The quantitative estimate of drug-likeness (QED) is 0.887. The van der Waals surface area contributed by atoms with Crippen molar-refractivity contribution in [2.24, 2.45) is 5.92 Å². The van der Waals surface area contributed by atoms with E-state index < -0.39 is 23.5 Å². The largest absolute Gasteiger partial charge is 0.475 e. The van der Waals surface area contributed by atoms with Crippen LogP contribution in [0.1, 0.15) is 34.2 Å². The first-order valence-electron chi connectivity index (χ1n) is 7.01. The van der Waals surface area contributed by atoms with Gasteiger partial charge in [0, 0.05) is 5.92 Å². The van der Waals surface area contributed by atoms with E-state index in [2.05, 4.69) is 5.32 Å². The third kappa shape index (κ3) is 3.08. The molecule has 0 spiro atoms. The lowest BCUT2D eigenvalue weighted by molar-refractivity contribution is -0.122. The molecule has 7 heteroatoms. The molecule has 2 N–H and O–H groups in total. The molecule has 0 saturated heterocycles. The second kappa shape index (κ2) is 5.83. The van der Waals surface area contributed by atoms with Gasteiger partial charge >= 0.3 is 5.97 Å². The van der Waals surface area contributed by atoms with Crippen LogP contribution in [0, 0.1) is 17.6 Å². The summed E-state index contributed by atoms with van der Waals surface area (Å²) < 4.78 is 31.9. The van der Waals surface area contributed by atoms with E-state index in [0.29, 0.717) is 12.2 Å². The van der Waals surface area contributed by atoms with Crippen LogP contribution in [0.3, 0.4) is 0 Å². The molecular formula is C16H13F2NO4. The number of carboxylic acids is 1. The first-order valence-corrected chi connectivity index (χ1v) is 7.01. The summed E-state index contributed by atoms with van der Waals surface area (Å²) in [6.45, 7) is 0.0426. The number of nitrogens with one attached hydrogen (secondary N) is 1. The van der Waals surface area contributed by atoms with Gasteiger partial charge in [-0.25, -0.2) is 13.6 Å². The van der Waals surface area contributed by atoms with Gasteiger partial charge in [-0.1, -0.05) is 12.1 Å². The van der Waals surface area contributed by atoms with Gasteiger partial charge in [0.05, 0.1) is 6.54 Å². The maximum Gasteiger partial charge on any atom is 0.371 e. The predicted molar refractivity (Wildman–Crippen MR) is 74.7 cm³/mol. The fourth-order valence-corrected chi connectivity index (χ4v) is 2.53. The lowest BCUT2D eigenvalue weighted by Crippen LogP contribution is -2.24. The molecule has 0 aliphatic heterocycles. The Balaban J connectivity index is 1.58. The maximum absolute atomic E-state index is 13.7. The van der Waals surface area contributed by atoms with E-state index in [1.807, 2.05) is 0 Å². The van der Waals surface area contributed by atoms with E-state index in [1.54, 1.807) is 0 Å². The third-order valence-electron chi connectivity index (χ3n) is 3.82. The molecule has 0 radical (unpaired) electrons. The van der Waals surface area contributed by atoms with Crippen LogP contribution >= 0.6 is 0 Å². The van der Waals surface area contributed by atoms with Crippen LogP contribution in [-0.2, 0) is 11.3 Å². The molecule has 1 amide bonds. The van der Waals surface area contributed by atoms with Crippen LogP contribution in [0.15, 0.2) is 34.7 Å². The molecule has 1 heterocycles. The number of benzene rings is 1. The molecule has 3 rings (SSSR count). The fourth-order valence-electron chi connectivity index (χ4n) is 2.53. The highest BCUT2D eigenvalue weighted by Crippen LogP contribution is 2.48. The van der Waals surface area contributed by atoms with Crippen LogP contribution in [0.4, 0.5) is 8.78 Å². The first-order chi connectivity index (χ1) is 11.0. The Kier molecular flexibility index (Phi) is 3.85. The van der Waals surface area contributed by atoms with Crippen LogP contribution in [-0.4, -0.2) is 17.0 Å². The van der Waals surface area contributed by atoms with Crippen molar-refractivity contribution in [2.75, 3.05) is 0 Å². The van der Waals surface area contributed by atoms with Crippen molar-refractivity contribution in [1.29, 1.82) is 0 Å². The highest BCUT2D eigenvalue weighted by atomic mass is 19.2. The van der Waals surface area contributed by atoms with Crippen molar-refractivity contribution in [2.45, 2.75) is 18.9 Å². The highest BCUT2D eigenvalue weighted by molar-refractivity contribution is 5.84. The van der Waals surface area contributed by atoms with Crippen molar-refractivity contribution in [3.05, 3.63) is 59.1 Å². The number of halogens is 2. The molecule has 1 fully saturated rings. The molecule has 23 heavy (non-hydrogen) atoms. The number of rotatable bonds is 5. The Morgan fingerprint density at radius 2 is 2.04 bits per heavy atom. The molecule has 1 aliphatic carbocycles. The Hall–Kier alpha value is -2.70. The number of aromatic carboxylic acids is 1. The van der Waals surface area contributed by atoms with Gasteiger partial charge in [-0.2, -0.15) is 0 Å². The molecule has 120 valence electrons. The van der Waals surface area contributed by atoms with E-state index in [0.717, 1.165) is 6.07 Å². The average Bonchev–Trinajstić information content (AvgIpc) is 3.16. The summed E-state index contributed by atoms with van der Waals surface area (Å²) >= 11 is 0. The smallest absolute Gasteiger partial charge is 0.371 e. The molecule has 2 aromatic rings. The molecule has 1 saturated carbocycles. The Bertz CT molecular complexity index is 771.